The zero-order valence-corrected chi connectivity index (χ0v) is 14.5. The second kappa shape index (κ2) is 7.03. The van der Waals surface area contributed by atoms with Crippen LogP contribution in [0.3, 0.4) is 0 Å². The van der Waals surface area contributed by atoms with E-state index in [4.69, 9.17) is 11.6 Å². The molecule has 0 bridgehead atoms. The summed E-state index contributed by atoms with van der Waals surface area (Å²) in [5.41, 5.74) is 1.59. The zero-order valence-electron chi connectivity index (χ0n) is 13.7. The van der Waals surface area contributed by atoms with Crippen LogP contribution in [0.2, 0.25) is 5.02 Å². The molecule has 0 saturated heterocycles. The first kappa shape index (κ1) is 17.1. The smallest absolute Gasteiger partial charge is 0.259 e. The molecule has 128 valence electrons. The second-order valence-corrected chi connectivity index (χ2v) is 6.19. The molecule has 3 rings (SSSR count). The van der Waals surface area contributed by atoms with E-state index < -0.39 is 5.82 Å². The lowest BCUT2D eigenvalue weighted by molar-refractivity contribution is 0.102. The predicted octanol–water partition coefficient (Wildman–Crippen LogP) is 4.44. The van der Waals surface area contributed by atoms with Crippen molar-refractivity contribution in [1.82, 2.24) is 14.8 Å². The van der Waals surface area contributed by atoms with E-state index in [1.165, 1.54) is 24.4 Å². The number of rotatable bonds is 4. The number of hydrogen-bond acceptors (Lipinski definition) is 3. The van der Waals surface area contributed by atoms with Crippen LogP contribution in [0.1, 0.15) is 35.8 Å². The van der Waals surface area contributed by atoms with Gasteiger partial charge in [-0.3, -0.25) is 4.79 Å². The van der Waals surface area contributed by atoms with Gasteiger partial charge in [-0.05, 0) is 36.2 Å². The van der Waals surface area contributed by atoms with E-state index in [1.54, 1.807) is 10.9 Å². The van der Waals surface area contributed by atoms with Crippen molar-refractivity contribution in [1.29, 1.82) is 0 Å². The predicted molar refractivity (Wildman–Crippen MR) is 94.8 cm³/mol. The van der Waals surface area contributed by atoms with Crippen LogP contribution in [0.25, 0.3) is 5.82 Å². The molecule has 0 atom stereocenters. The van der Waals surface area contributed by atoms with Gasteiger partial charge in [0.05, 0.1) is 22.5 Å². The van der Waals surface area contributed by atoms with Gasteiger partial charge < -0.3 is 5.32 Å². The average molecular weight is 359 g/mol. The van der Waals surface area contributed by atoms with Crippen LogP contribution < -0.4 is 5.32 Å². The summed E-state index contributed by atoms with van der Waals surface area (Å²) in [6.45, 7) is 3.95. The Labute approximate surface area is 149 Å². The number of carbonyl (C=O) groups is 1. The van der Waals surface area contributed by atoms with Crippen LogP contribution in [-0.2, 0) is 0 Å². The minimum absolute atomic E-state index is 0.0436. The zero-order chi connectivity index (χ0) is 18.0. The van der Waals surface area contributed by atoms with Crippen molar-refractivity contribution < 1.29 is 9.18 Å². The number of halogens is 2. The number of anilines is 1. The van der Waals surface area contributed by atoms with Crippen molar-refractivity contribution in [2.75, 3.05) is 5.32 Å². The number of benzene rings is 1. The molecule has 0 saturated carbocycles. The molecule has 1 aromatic carbocycles. The maximum Gasteiger partial charge on any atom is 0.259 e. The van der Waals surface area contributed by atoms with Crippen molar-refractivity contribution in [3.8, 4) is 5.82 Å². The van der Waals surface area contributed by atoms with Gasteiger partial charge in [0.1, 0.15) is 5.82 Å². The number of hydrogen-bond donors (Lipinski definition) is 1. The Balaban J connectivity index is 1.95. The van der Waals surface area contributed by atoms with Crippen molar-refractivity contribution in [2.24, 2.45) is 0 Å². The number of nitrogens with zero attached hydrogens (tertiary/aromatic N) is 3. The molecule has 0 radical (unpaired) electrons. The summed E-state index contributed by atoms with van der Waals surface area (Å²) >= 11 is 5.76. The fraction of sp³-hybridized carbons (Fsp3) is 0.167. The van der Waals surface area contributed by atoms with Crippen LogP contribution in [0.4, 0.5) is 10.1 Å². The molecule has 2 aromatic heterocycles. The first-order valence-corrected chi connectivity index (χ1v) is 8.11. The quantitative estimate of drug-likeness (QED) is 0.750. The van der Waals surface area contributed by atoms with Crippen molar-refractivity contribution in [3.05, 3.63) is 70.9 Å². The van der Waals surface area contributed by atoms with Crippen molar-refractivity contribution in [2.45, 2.75) is 19.8 Å². The molecule has 2 heterocycles. The molecule has 0 spiro atoms. The first-order valence-electron chi connectivity index (χ1n) is 7.73. The Kier molecular flexibility index (Phi) is 4.81. The summed E-state index contributed by atoms with van der Waals surface area (Å²) < 4.78 is 14.9. The molecule has 25 heavy (non-hydrogen) atoms. The summed E-state index contributed by atoms with van der Waals surface area (Å²) in [5, 5.41) is 6.98. The maximum atomic E-state index is 13.3. The second-order valence-electron chi connectivity index (χ2n) is 5.78. The summed E-state index contributed by atoms with van der Waals surface area (Å²) in [5.74, 6) is -0.198. The Bertz CT molecular complexity index is 909. The summed E-state index contributed by atoms with van der Waals surface area (Å²) in [7, 11) is 0. The number of carbonyl (C=O) groups excluding carboxylic acids is 1. The third-order valence-corrected chi connectivity index (χ3v) is 3.93. The van der Waals surface area contributed by atoms with Gasteiger partial charge in [0, 0.05) is 11.9 Å². The van der Waals surface area contributed by atoms with Crippen molar-refractivity contribution in [3.63, 3.8) is 0 Å². The van der Waals surface area contributed by atoms with Crippen LogP contribution in [0.15, 0.2) is 48.8 Å². The SMILES string of the molecule is CC(C)c1c(C(=O)Nc2ccc(F)c(Cl)c2)cnn1-c1ccccn1. The fourth-order valence-electron chi connectivity index (χ4n) is 2.52. The highest BCUT2D eigenvalue weighted by Gasteiger charge is 2.21. The van der Waals surface area contributed by atoms with Crippen LogP contribution >= 0.6 is 11.6 Å². The highest BCUT2D eigenvalue weighted by atomic mass is 35.5. The van der Waals surface area contributed by atoms with E-state index in [0.29, 0.717) is 17.1 Å². The molecule has 0 unspecified atom stereocenters. The Morgan fingerprint density at radius 3 is 2.72 bits per heavy atom. The average Bonchev–Trinajstić information content (AvgIpc) is 3.04. The monoisotopic (exact) mass is 358 g/mol. The number of aromatic nitrogens is 3. The van der Waals surface area contributed by atoms with Gasteiger partial charge in [-0.15, -0.1) is 0 Å². The molecule has 3 aromatic rings. The number of nitrogens with one attached hydrogen (secondary N) is 1. The van der Waals surface area contributed by atoms with Gasteiger partial charge in [0.2, 0.25) is 0 Å². The third-order valence-electron chi connectivity index (χ3n) is 3.64. The maximum absolute atomic E-state index is 13.3. The van der Waals surface area contributed by atoms with E-state index in [0.717, 1.165) is 5.69 Å². The highest BCUT2D eigenvalue weighted by Crippen LogP contribution is 2.24. The van der Waals surface area contributed by atoms with Gasteiger partial charge in [-0.25, -0.2) is 14.1 Å². The van der Waals surface area contributed by atoms with E-state index in [9.17, 15) is 9.18 Å². The molecular formula is C18H16ClFN4O. The lowest BCUT2D eigenvalue weighted by atomic mass is 10.1. The van der Waals surface area contributed by atoms with Gasteiger partial charge in [0.15, 0.2) is 5.82 Å². The van der Waals surface area contributed by atoms with Gasteiger partial charge in [0.25, 0.3) is 5.91 Å². The lowest BCUT2D eigenvalue weighted by Crippen LogP contribution is -2.15. The normalized spacial score (nSPS) is 10.9. The molecule has 0 aliphatic carbocycles. The molecular weight excluding hydrogens is 343 g/mol. The first-order chi connectivity index (χ1) is 12.0. The summed E-state index contributed by atoms with van der Waals surface area (Å²) in [6.07, 6.45) is 3.17. The van der Waals surface area contributed by atoms with E-state index >= 15 is 0 Å². The topological polar surface area (TPSA) is 59.8 Å². The third kappa shape index (κ3) is 3.53. The van der Waals surface area contributed by atoms with E-state index in [1.807, 2.05) is 32.0 Å². The number of amides is 1. The van der Waals surface area contributed by atoms with E-state index in [-0.39, 0.29) is 16.8 Å². The van der Waals surface area contributed by atoms with E-state index in [2.05, 4.69) is 15.4 Å². The minimum Gasteiger partial charge on any atom is -0.322 e. The van der Waals surface area contributed by atoms with Crippen LogP contribution in [0, 0.1) is 5.82 Å². The molecule has 7 heteroatoms. The van der Waals surface area contributed by atoms with Gasteiger partial charge >= 0.3 is 0 Å². The molecule has 1 N–H and O–H groups in total. The van der Waals surface area contributed by atoms with Crippen LogP contribution in [0.5, 0.6) is 0 Å². The molecule has 1 amide bonds. The highest BCUT2D eigenvalue weighted by molar-refractivity contribution is 6.31. The lowest BCUT2D eigenvalue weighted by Gasteiger charge is -2.12. The standard InChI is InChI=1S/C18H16ClFN4O/c1-11(2)17-13(10-22-24(17)16-5-3-4-8-21-16)18(25)23-12-6-7-15(20)14(19)9-12/h3-11H,1-2H3,(H,23,25). The van der Waals surface area contributed by atoms with Gasteiger partial charge in [-0.2, -0.15) is 5.10 Å². The molecule has 0 aliphatic heterocycles. The fourth-order valence-corrected chi connectivity index (χ4v) is 2.70. The summed E-state index contributed by atoms with van der Waals surface area (Å²) in [4.78, 5) is 16.9. The largest absolute Gasteiger partial charge is 0.322 e. The molecule has 0 fully saturated rings. The van der Waals surface area contributed by atoms with Crippen LogP contribution in [-0.4, -0.2) is 20.7 Å². The Hall–Kier alpha value is -2.73. The molecule has 5 nitrogen and oxygen atoms in total. The number of pyridine rings is 1. The van der Waals surface area contributed by atoms with Crippen molar-refractivity contribution >= 4 is 23.2 Å². The Morgan fingerprint density at radius 1 is 1.28 bits per heavy atom. The minimum atomic E-state index is -0.537. The summed E-state index contributed by atoms with van der Waals surface area (Å²) in [6, 6.07) is 9.52. The molecule has 0 aliphatic rings. The Morgan fingerprint density at radius 2 is 2.08 bits per heavy atom. The van der Waals surface area contributed by atoms with Gasteiger partial charge in [-0.1, -0.05) is 31.5 Å².